The molecule has 2 rings (SSSR count). The molecule has 0 aromatic heterocycles. The molecular formula is C15H22N4O3. The van der Waals surface area contributed by atoms with Crippen LogP contribution in [0, 0.1) is 16.0 Å². The number of nitro benzene ring substituents is 1. The number of hydrogen-bond donors (Lipinski definition) is 2. The summed E-state index contributed by atoms with van der Waals surface area (Å²) in [5.41, 5.74) is 11.5. The van der Waals surface area contributed by atoms with Crippen LogP contribution in [0.15, 0.2) is 18.2 Å². The molecule has 1 aliphatic rings. The lowest BCUT2D eigenvalue weighted by Gasteiger charge is -2.32. The second-order valence-electron chi connectivity index (χ2n) is 5.79. The molecule has 1 fully saturated rings. The number of likely N-dealkylation sites (tertiary alicyclic amines) is 1. The Hall–Kier alpha value is -1.99. The van der Waals surface area contributed by atoms with E-state index in [2.05, 4.69) is 4.90 Å². The van der Waals surface area contributed by atoms with Crippen LogP contribution in [0.4, 0.5) is 5.69 Å². The second kappa shape index (κ2) is 7.33. The normalized spacial score (nSPS) is 19.0. The number of benzene rings is 1. The number of hydrogen-bond acceptors (Lipinski definition) is 5. The molecule has 0 radical (unpaired) electrons. The average molecular weight is 306 g/mol. The van der Waals surface area contributed by atoms with Gasteiger partial charge in [-0.2, -0.15) is 0 Å². The van der Waals surface area contributed by atoms with Crippen molar-refractivity contribution in [1.29, 1.82) is 0 Å². The zero-order valence-electron chi connectivity index (χ0n) is 12.5. The number of carbonyl (C=O) groups excluding carboxylic acids is 1. The van der Waals surface area contributed by atoms with Gasteiger partial charge in [-0.25, -0.2) is 0 Å². The molecule has 0 bridgehead atoms. The maximum Gasteiger partial charge on any atom is 0.274 e. The number of amides is 1. The van der Waals surface area contributed by atoms with Crippen LogP contribution < -0.4 is 11.5 Å². The Morgan fingerprint density at radius 2 is 2.23 bits per heavy atom. The summed E-state index contributed by atoms with van der Waals surface area (Å²) in [6, 6.07) is 4.44. The zero-order chi connectivity index (χ0) is 16.1. The third kappa shape index (κ3) is 4.02. The van der Waals surface area contributed by atoms with Crippen LogP contribution in [0.2, 0.25) is 0 Å². The lowest BCUT2D eigenvalue weighted by Crippen LogP contribution is -2.35. The van der Waals surface area contributed by atoms with Crippen LogP contribution in [0.25, 0.3) is 0 Å². The maximum absolute atomic E-state index is 11.2. The molecule has 1 heterocycles. The molecule has 1 saturated heterocycles. The van der Waals surface area contributed by atoms with Crippen molar-refractivity contribution in [3.8, 4) is 0 Å². The van der Waals surface area contributed by atoms with Crippen LogP contribution >= 0.6 is 0 Å². The van der Waals surface area contributed by atoms with E-state index in [1.54, 1.807) is 12.1 Å². The topological polar surface area (TPSA) is 115 Å². The van der Waals surface area contributed by atoms with E-state index in [1.165, 1.54) is 6.07 Å². The molecule has 1 aromatic rings. The van der Waals surface area contributed by atoms with Gasteiger partial charge in [0.25, 0.3) is 5.69 Å². The maximum atomic E-state index is 11.2. The predicted molar refractivity (Wildman–Crippen MR) is 83.3 cm³/mol. The Morgan fingerprint density at radius 3 is 2.86 bits per heavy atom. The van der Waals surface area contributed by atoms with Crippen LogP contribution in [-0.4, -0.2) is 35.4 Å². The molecule has 1 atom stereocenters. The number of piperidine rings is 1. The minimum absolute atomic E-state index is 0.0442. The average Bonchev–Trinajstić information content (AvgIpc) is 2.48. The Labute approximate surface area is 129 Å². The summed E-state index contributed by atoms with van der Waals surface area (Å²) in [5, 5.41) is 11.2. The Kier molecular flexibility index (Phi) is 5.46. The van der Waals surface area contributed by atoms with Gasteiger partial charge in [0.15, 0.2) is 0 Å². The fraction of sp³-hybridized carbons (Fsp3) is 0.533. The first-order chi connectivity index (χ1) is 10.5. The lowest BCUT2D eigenvalue weighted by atomic mass is 9.94. The quantitative estimate of drug-likeness (QED) is 0.606. The van der Waals surface area contributed by atoms with Crippen molar-refractivity contribution >= 4 is 11.6 Å². The van der Waals surface area contributed by atoms with E-state index in [0.29, 0.717) is 24.6 Å². The van der Waals surface area contributed by atoms with Crippen molar-refractivity contribution in [3.05, 3.63) is 39.4 Å². The monoisotopic (exact) mass is 306 g/mol. The number of nitrogens with zero attached hydrogens (tertiary/aromatic N) is 2. The summed E-state index contributed by atoms with van der Waals surface area (Å²) in [4.78, 5) is 24.2. The van der Waals surface area contributed by atoms with E-state index in [-0.39, 0.29) is 11.3 Å². The Bertz CT molecular complexity index is 560. The first-order valence-electron chi connectivity index (χ1n) is 7.50. The molecule has 0 spiro atoms. The van der Waals surface area contributed by atoms with Crippen molar-refractivity contribution in [3.63, 3.8) is 0 Å². The van der Waals surface area contributed by atoms with Crippen LogP contribution in [0.3, 0.4) is 0 Å². The zero-order valence-corrected chi connectivity index (χ0v) is 12.5. The van der Waals surface area contributed by atoms with E-state index in [1.807, 2.05) is 0 Å². The summed E-state index contributed by atoms with van der Waals surface area (Å²) in [7, 11) is 0. The van der Waals surface area contributed by atoms with Gasteiger partial charge >= 0.3 is 0 Å². The Balaban J connectivity index is 2.14. The largest absolute Gasteiger partial charge is 0.366 e. The minimum atomic E-state index is -0.657. The molecule has 7 nitrogen and oxygen atoms in total. The molecule has 4 N–H and O–H groups in total. The SMILES string of the molecule is NCCC1CCCN(Cc2ccc(C(N)=O)cc2[N+](=O)[O-])C1. The van der Waals surface area contributed by atoms with Gasteiger partial charge in [-0.15, -0.1) is 0 Å². The van der Waals surface area contributed by atoms with E-state index in [9.17, 15) is 14.9 Å². The number of nitro groups is 1. The van der Waals surface area contributed by atoms with Gasteiger partial charge < -0.3 is 11.5 Å². The molecule has 22 heavy (non-hydrogen) atoms. The van der Waals surface area contributed by atoms with Crippen molar-refractivity contribution in [2.75, 3.05) is 19.6 Å². The van der Waals surface area contributed by atoms with E-state index in [4.69, 9.17) is 11.5 Å². The van der Waals surface area contributed by atoms with Gasteiger partial charge in [-0.05, 0) is 44.3 Å². The van der Waals surface area contributed by atoms with Crippen molar-refractivity contribution < 1.29 is 9.72 Å². The van der Waals surface area contributed by atoms with Gasteiger partial charge in [-0.3, -0.25) is 19.8 Å². The van der Waals surface area contributed by atoms with Gasteiger partial charge in [0.2, 0.25) is 5.91 Å². The molecule has 1 unspecified atom stereocenters. The second-order valence-corrected chi connectivity index (χ2v) is 5.79. The van der Waals surface area contributed by atoms with Gasteiger partial charge in [0.1, 0.15) is 0 Å². The van der Waals surface area contributed by atoms with Crippen LogP contribution in [0.1, 0.15) is 35.2 Å². The summed E-state index contributed by atoms with van der Waals surface area (Å²) >= 11 is 0. The van der Waals surface area contributed by atoms with E-state index >= 15 is 0 Å². The molecule has 7 heteroatoms. The molecule has 0 aliphatic carbocycles. The van der Waals surface area contributed by atoms with Gasteiger partial charge in [0, 0.05) is 30.3 Å². The highest BCUT2D eigenvalue weighted by Gasteiger charge is 2.23. The fourth-order valence-corrected chi connectivity index (χ4v) is 3.03. The number of primary amides is 1. The molecule has 0 saturated carbocycles. The fourth-order valence-electron chi connectivity index (χ4n) is 3.03. The van der Waals surface area contributed by atoms with Gasteiger partial charge in [0.05, 0.1) is 4.92 Å². The van der Waals surface area contributed by atoms with Crippen molar-refractivity contribution in [1.82, 2.24) is 4.90 Å². The van der Waals surface area contributed by atoms with Crippen molar-refractivity contribution in [2.24, 2.45) is 17.4 Å². The lowest BCUT2D eigenvalue weighted by molar-refractivity contribution is -0.385. The summed E-state index contributed by atoms with van der Waals surface area (Å²) in [6.45, 7) is 3.02. The number of nitrogens with two attached hydrogens (primary N) is 2. The molecule has 1 amide bonds. The summed E-state index contributed by atoms with van der Waals surface area (Å²) < 4.78 is 0. The smallest absolute Gasteiger partial charge is 0.274 e. The van der Waals surface area contributed by atoms with Gasteiger partial charge in [-0.1, -0.05) is 6.07 Å². The highest BCUT2D eigenvalue weighted by molar-refractivity contribution is 5.93. The standard InChI is InChI=1S/C15H22N4O3/c16-6-5-11-2-1-7-18(9-11)10-13-4-3-12(15(17)20)8-14(13)19(21)22/h3-4,8,11H,1-2,5-7,9-10,16H2,(H2,17,20). The molecule has 120 valence electrons. The highest BCUT2D eigenvalue weighted by Crippen LogP contribution is 2.25. The molecule has 1 aliphatic heterocycles. The third-order valence-corrected chi connectivity index (χ3v) is 4.14. The Morgan fingerprint density at radius 1 is 1.45 bits per heavy atom. The van der Waals surface area contributed by atoms with Crippen LogP contribution in [-0.2, 0) is 6.54 Å². The van der Waals surface area contributed by atoms with E-state index in [0.717, 1.165) is 32.4 Å². The molecule has 1 aromatic carbocycles. The summed E-state index contributed by atoms with van der Waals surface area (Å²) in [6.07, 6.45) is 3.23. The first kappa shape index (κ1) is 16.4. The van der Waals surface area contributed by atoms with Crippen LogP contribution in [0.5, 0.6) is 0 Å². The highest BCUT2D eigenvalue weighted by atomic mass is 16.6. The third-order valence-electron chi connectivity index (χ3n) is 4.14. The predicted octanol–water partition coefficient (Wildman–Crippen LogP) is 1.25. The van der Waals surface area contributed by atoms with Crippen molar-refractivity contribution in [2.45, 2.75) is 25.8 Å². The van der Waals surface area contributed by atoms with E-state index < -0.39 is 10.8 Å². The minimum Gasteiger partial charge on any atom is -0.366 e. The molecular weight excluding hydrogens is 284 g/mol. The summed E-state index contributed by atoms with van der Waals surface area (Å²) in [5.74, 6) is -0.0988. The first-order valence-corrected chi connectivity index (χ1v) is 7.50. The number of rotatable bonds is 6. The number of carbonyl (C=O) groups is 1.